The van der Waals surface area contributed by atoms with Gasteiger partial charge < -0.3 is 10.1 Å². The third-order valence-electron chi connectivity index (χ3n) is 4.73. The minimum absolute atomic E-state index is 0.167. The molecule has 2 unspecified atom stereocenters. The van der Waals surface area contributed by atoms with Crippen molar-refractivity contribution in [2.75, 3.05) is 13.2 Å². The van der Waals surface area contributed by atoms with Crippen LogP contribution in [0.2, 0.25) is 0 Å². The van der Waals surface area contributed by atoms with Gasteiger partial charge in [0, 0.05) is 18.0 Å². The fourth-order valence-corrected chi connectivity index (χ4v) is 2.79. The summed E-state index contributed by atoms with van der Waals surface area (Å²) in [6, 6.07) is 9.10. The summed E-state index contributed by atoms with van der Waals surface area (Å²) in [4.78, 5) is 0. The Morgan fingerprint density at radius 3 is 2.42 bits per heavy atom. The second-order valence-electron chi connectivity index (χ2n) is 6.02. The fourth-order valence-electron chi connectivity index (χ4n) is 2.79. The summed E-state index contributed by atoms with van der Waals surface area (Å²) in [6.45, 7) is 10.8. The summed E-state index contributed by atoms with van der Waals surface area (Å²) < 4.78 is 6.28. The highest BCUT2D eigenvalue weighted by Gasteiger charge is 2.34. The monoisotopic (exact) mass is 261 g/mol. The number of rotatable bonds is 3. The van der Waals surface area contributed by atoms with Gasteiger partial charge >= 0.3 is 0 Å². The SMILES string of the molecule is CCC1(CC)CNC(C)C(c2ccc(C)cc2)OC1. The molecule has 19 heavy (non-hydrogen) atoms. The third kappa shape index (κ3) is 3.18. The molecule has 106 valence electrons. The lowest BCUT2D eigenvalue weighted by atomic mass is 9.83. The van der Waals surface area contributed by atoms with E-state index in [0.717, 1.165) is 13.2 Å². The standard InChI is InChI=1S/C17H27NO/c1-5-17(6-2)11-18-14(4)16(19-12-17)15-9-7-13(3)8-10-15/h7-10,14,16,18H,5-6,11-12H2,1-4H3. The minimum Gasteiger partial charge on any atom is -0.371 e. The van der Waals surface area contributed by atoms with Gasteiger partial charge in [0.25, 0.3) is 0 Å². The summed E-state index contributed by atoms with van der Waals surface area (Å²) >= 11 is 0. The van der Waals surface area contributed by atoms with E-state index < -0.39 is 0 Å². The van der Waals surface area contributed by atoms with Gasteiger partial charge in [-0.25, -0.2) is 0 Å². The largest absolute Gasteiger partial charge is 0.371 e. The van der Waals surface area contributed by atoms with Gasteiger partial charge in [0.1, 0.15) is 0 Å². The second kappa shape index (κ2) is 6.06. The number of hydrogen-bond donors (Lipinski definition) is 1. The zero-order chi connectivity index (χ0) is 13.9. The van der Waals surface area contributed by atoms with Gasteiger partial charge in [-0.1, -0.05) is 43.7 Å². The molecule has 0 spiro atoms. The van der Waals surface area contributed by atoms with Crippen LogP contribution < -0.4 is 5.32 Å². The molecule has 0 saturated carbocycles. The zero-order valence-corrected chi connectivity index (χ0v) is 12.7. The Balaban J connectivity index is 2.16. The van der Waals surface area contributed by atoms with Crippen LogP contribution in [0.1, 0.15) is 50.8 Å². The molecule has 1 N–H and O–H groups in total. The fraction of sp³-hybridized carbons (Fsp3) is 0.647. The molecule has 0 bridgehead atoms. The lowest BCUT2D eigenvalue weighted by Crippen LogP contribution is -2.37. The predicted octanol–water partition coefficient (Wildman–Crippen LogP) is 3.85. The molecular weight excluding hydrogens is 234 g/mol. The Morgan fingerprint density at radius 2 is 1.84 bits per heavy atom. The highest BCUT2D eigenvalue weighted by molar-refractivity contribution is 5.24. The van der Waals surface area contributed by atoms with E-state index in [2.05, 4.69) is 57.3 Å². The number of ether oxygens (including phenoxy) is 1. The van der Waals surface area contributed by atoms with Crippen LogP contribution in [0.3, 0.4) is 0 Å². The summed E-state index contributed by atoms with van der Waals surface area (Å²) in [5, 5.41) is 3.68. The molecule has 2 atom stereocenters. The molecule has 0 amide bonds. The quantitative estimate of drug-likeness (QED) is 0.892. The molecule has 2 rings (SSSR count). The number of aryl methyl sites for hydroxylation is 1. The smallest absolute Gasteiger partial charge is 0.0975 e. The van der Waals surface area contributed by atoms with Gasteiger partial charge in [0.2, 0.25) is 0 Å². The van der Waals surface area contributed by atoms with Crippen molar-refractivity contribution in [1.82, 2.24) is 5.32 Å². The average Bonchev–Trinajstić information content (AvgIpc) is 2.60. The molecule has 2 heteroatoms. The van der Waals surface area contributed by atoms with E-state index in [-0.39, 0.29) is 6.10 Å². The lowest BCUT2D eigenvalue weighted by molar-refractivity contribution is -0.000545. The average molecular weight is 261 g/mol. The van der Waals surface area contributed by atoms with Crippen molar-refractivity contribution in [2.45, 2.75) is 52.7 Å². The van der Waals surface area contributed by atoms with Gasteiger partial charge in [-0.05, 0) is 32.3 Å². The van der Waals surface area contributed by atoms with Crippen molar-refractivity contribution in [3.63, 3.8) is 0 Å². The van der Waals surface area contributed by atoms with Gasteiger partial charge in [-0.15, -0.1) is 0 Å². The maximum atomic E-state index is 6.28. The molecule has 1 aliphatic heterocycles. The second-order valence-corrected chi connectivity index (χ2v) is 6.02. The first kappa shape index (κ1) is 14.5. The molecule has 1 heterocycles. The molecule has 0 radical (unpaired) electrons. The van der Waals surface area contributed by atoms with Crippen LogP contribution in [0.15, 0.2) is 24.3 Å². The molecule has 1 aromatic rings. The van der Waals surface area contributed by atoms with E-state index in [1.165, 1.54) is 24.0 Å². The van der Waals surface area contributed by atoms with Crippen molar-refractivity contribution in [1.29, 1.82) is 0 Å². The normalized spacial score (nSPS) is 26.9. The minimum atomic E-state index is 0.167. The van der Waals surface area contributed by atoms with E-state index in [1.807, 2.05) is 0 Å². The van der Waals surface area contributed by atoms with Crippen LogP contribution in [0.5, 0.6) is 0 Å². The Labute approximate surface area is 117 Å². The number of nitrogens with one attached hydrogen (secondary N) is 1. The van der Waals surface area contributed by atoms with Crippen molar-refractivity contribution >= 4 is 0 Å². The van der Waals surface area contributed by atoms with Crippen molar-refractivity contribution in [3.8, 4) is 0 Å². The number of hydrogen-bond acceptors (Lipinski definition) is 2. The molecule has 0 aliphatic carbocycles. The first-order valence-corrected chi connectivity index (χ1v) is 7.52. The Morgan fingerprint density at radius 1 is 1.21 bits per heavy atom. The highest BCUT2D eigenvalue weighted by atomic mass is 16.5. The van der Waals surface area contributed by atoms with Gasteiger partial charge in [-0.3, -0.25) is 0 Å². The van der Waals surface area contributed by atoms with Crippen LogP contribution >= 0.6 is 0 Å². The number of benzene rings is 1. The first-order chi connectivity index (χ1) is 9.10. The molecule has 1 fully saturated rings. The van der Waals surface area contributed by atoms with Crippen LogP contribution in [0.4, 0.5) is 0 Å². The topological polar surface area (TPSA) is 21.3 Å². The molecule has 0 aromatic heterocycles. The first-order valence-electron chi connectivity index (χ1n) is 7.52. The van der Waals surface area contributed by atoms with Gasteiger partial charge in [-0.2, -0.15) is 0 Å². The Hall–Kier alpha value is -0.860. The maximum absolute atomic E-state index is 6.28. The van der Waals surface area contributed by atoms with E-state index in [1.54, 1.807) is 0 Å². The maximum Gasteiger partial charge on any atom is 0.0975 e. The van der Waals surface area contributed by atoms with Crippen LogP contribution in [0.25, 0.3) is 0 Å². The Kier molecular flexibility index (Phi) is 4.64. The van der Waals surface area contributed by atoms with Crippen LogP contribution in [0, 0.1) is 12.3 Å². The zero-order valence-electron chi connectivity index (χ0n) is 12.7. The summed E-state index contributed by atoms with van der Waals surface area (Å²) in [5.41, 5.74) is 2.89. The van der Waals surface area contributed by atoms with Crippen LogP contribution in [-0.2, 0) is 4.74 Å². The molecule has 1 aliphatic rings. The highest BCUT2D eigenvalue weighted by Crippen LogP contribution is 2.33. The van der Waals surface area contributed by atoms with Gasteiger partial charge in [0.15, 0.2) is 0 Å². The van der Waals surface area contributed by atoms with Crippen LogP contribution in [-0.4, -0.2) is 19.2 Å². The Bertz CT molecular complexity index is 394. The van der Waals surface area contributed by atoms with Crippen molar-refractivity contribution in [2.24, 2.45) is 5.41 Å². The van der Waals surface area contributed by atoms with E-state index in [9.17, 15) is 0 Å². The molecule has 1 saturated heterocycles. The van der Waals surface area contributed by atoms with E-state index >= 15 is 0 Å². The van der Waals surface area contributed by atoms with E-state index in [4.69, 9.17) is 4.74 Å². The lowest BCUT2D eigenvalue weighted by Gasteiger charge is -2.29. The van der Waals surface area contributed by atoms with E-state index in [0.29, 0.717) is 11.5 Å². The summed E-state index contributed by atoms with van der Waals surface area (Å²) in [7, 11) is 0. The third-order valence-corrected chi connectivity index (χ3v) is 4.73. The summed E-state index contributed by atoms with van der Waals surface area (Å²) in [5.74, 6) is 0. The van der Waals surface area contributed by atoms with Crippen molar-refractivity contribution < 1.29 is 4.74 Å². The van der Waals surface area contributed by atoms with Gasteiger partial charge in [0.05, 0.1) is 12.7 Å². The molecular formula is C17H27NO. The van der Waals surface area contributed by atoms with Crippen molar-refractivity contribution in [3.05, 3.63) is 35.4 Å². The predicted molar refractivity (Wildman–Crippen MR) is 80.4 cm³/mol. The molecule has 2 nitrogen and oxygen atoms in total. The molecule has 1 aromatic carbocycles. The summed E-state index contributed by atoms with van der Waals surface area (Å²) in [6.07, 6.45) is 2.51.